The fraction of sp³-hybridized carbons (Fsp3) is 0.615. The van der Waals surface area contributed by atoms with Crippen molar-refractivity contribution in [3.05, 3.63) is 58.2 Å². The lowest BCUT2D eigenvalue weighted by Crippen LogP contribution is -2.58. The molecular formula is C26H30Cl2O4. The van der Waals surface area contributed by atoms with Crippen molar-refractivity contribution in [1.29, 1.82) is 0 Å². The zero-order valence-electron chi connectivity index (χ0n) is 19.0. The highest BCUT2D eigenvalue weighted by Crippen LogP contribution is 2.73. The summed E-state index contributed by atoms with van der Waals surface area (Å²) in [6.45, 7) is 8.38. The number of rotatable bonds is 1. The maximum absolute atomic E-state index is 12.7. The lowest BCUT2D eigenvalue weighted by Gasteiger charge is -2.60. The molecule has 0 saturated heterocycles. The molecule has 0 radical (unpaired) electrons. The second kappa shape index (κ2) is 6.61. The van der Waals surface area contributed by atoms with Gasteiger partial charge in [0.25, 0.3) is 0 Å². The summed E-state index contributed by atoms with van der Waals surface area (Å²) >= 11 is 13.9. The summed E-state index contributed by atoms with van der Waals surface area (Å²) < 4.78 is 3.92. The number of halogens is 2. The third-order valence-electron chi connectivity index (χ3n) is 9.53. The molecule has 6 heteroatoms. The van der Waals surface area contributed by atoms with Crippen molar-refractivity contribution in [2.45, 2.75) is 69.2 Å². The minimum absolute atomic E-state index is 0.111. The molecule has 0 spiro atoms. The molecule has 0 amide bonds. The van der Waals surface area contributed by atoms with E-state index in [0.717, 1.165) is 30.4 Å². The Morgan fingerprint density at radius 1 is 1.12 bits per heavy atom. The molecule has 0 bridgehead atoms. The van der Waals surface area contributed by atoms with Crippen LogP contribution in [0.4, 0.5) is 0 Å². The van der Waals surface area contributed by atoms with Crippen LogP contribution in [0.5, 0.6) is 0 Å². The quantitative estimate of drug-likeness (QED) is 0.425. The van der Waals surface area contributed by atoms with Gasteiger partial charge in [-0.05, 0) is 59.8 Å². The van der Waals surface area contributed by atoms with Gasteiger partial charge in [-0.2, -0.15) is 0 Å². The van der Waals surface area contributed by atoms with Crippen molar-refractivity contribution in [3.8, 4) is 0 Å². The van der Waals surface area contributed by atoms with Crippen LogP contribution in [-0.4, -0.2) is 20.8 Å². The van der Waals surface area contributed by atoms with Crippen molar-refractivity contribution in [2.24, 2.45) is 28.1 Å². The van der Waals surface area contributed by atoms with Crippen LogP contribution in [0.2, 0.25) is 0 Å². The van der Waals surface area contributed by atoms with Gasteiger partial charge in [-0.15, -0.1) is 23.2 Å². The lowest BCUT2D eigenvalue weighted by molar-refractivity contribution is -0.132. The van der Waals surface area contributed by atoms with E-state index < -0.39 is 26.4 Å². The van der Waals surface area contributed by atoms with Crippen LogP contribution in [0.15, 0.2) is 51.4 Å². The summed E-state index contributed by atoms with van der Waals surface area (Å²) in [6, 6.07) is 3.09. The average Bonchev–Trinajstić information content (AvgIpc) is 2.87. The maximum Gasteiger partial charge on any atom is 0.335 e. The van der Waals surface area contributed by atoms with Crippen LogP contribution in [-0.2, 0) is 4.79 Å². The fourth-order valence-corrected chi connectivity index (χ4v) is 8.93. The van der Waals surface area contributed by atoms with Gasteiger partial charge in [-0.25, -0.2) is 4.79 Å². The van der Waals surface area contributed by atoms with Crippen molar-refractivity contribution < 1.29 is 14.3 Å². The molecule has 1 aromatic rings. The summed E-state index contributed by atoms with van der Waals surface area (Å²) in [5.41, 5.74) is -1.17. The van der Waals surface area contributed by atoms with Gasteiger partial charge in [0.05, 0.1) is 11.9 Å². The summed E-state index contributed by atoms with van der Waals surface area (Å²) in [5, 5.41) is 12.4. The molecular weight excluding hydrogens is 447 g/mol. The number of hydrogen-bond acceptors (Lipinski definition) is 4. The summed E-state index contributed by atoms with van der Waals surface area (Å²) in [5.74, 6) is 0.0642. The number of ketones is 1. The van der Waals surface area contributed by atoms with Crippen molar-refractivity contribution in [2.75, 3.05) is 0 Å². The molecule has 2 fully saturated rings. The minimum atomic E-state index is -1.21. The van der Waals surface area contributed by atoms with E-state index in [1.165, 1.54) is 12.3 Å². The monoisotopic (exact) mass is 476 g/mol. The molecule has 4 nitrogen and oxygen atoms in total. The van der Waals surface area contributed by atoms with E-state index >= 15 is 0 Å². The van der Waals surface area contributed by atoms with Gasteiger partial charge in [0.2, 0.25) is 0 Å². The Kier molecular flexibility index (Phi) is 4.63. The van der Waals surface area contributed by atoms with E-state index in [0.29, 0.717) is 0 Å². The van der Waals surface area contributed by atoms with Crippen LogP contribution in [0.25, 0.3) is 0 Å². The Morgan fingerprint density at radius 3 is 2.50 bits per heavy atom. The highest BCUT2D eigenvalue weighted by molar-refractivity contribution is 6.49. The molecule has 5 rings (SSSR count). The summed E-state index contributed by atoms with van der Waals surface area (Å²) in [7, 11) is 0. The molecule has 4 aliphatic rings. The molecule has 172 valence electrons. The summed E-state index contributed by atoms with van der Waals surface area (Å²) in [6.07, 6.45) is 9.95. The van der Waals surface area contributed by atoms with Crippen LogP contribution in [0, 0.1) is 28.1 Å². The topological polar surface area (TPSA) is 67.5 Å². The lowest BCUT2D eigenvalue weighted by atomic mass is 9.44. The highest BCUT2D eigenvalue weighted by atomic mass is 35.5. The minimum Gasteiger partial charge on any atom is -0.431 e. The first-order valence-electron chi connectivity index (χ1n) is 11.4. The van der Waals surface area contributed by atoms with Crippen molar-refractivity contribution in [3.63, 3.8) is 0 Å². The van der Waals surface area contributed by atoms with Gasteiger partial charge in [0.1, 0.15) is 4.33 Å². The Hall–Kier alpha value is -1.36. The van der Waals surface area contributed by atoms with E-state index in [1.54, 1.807) is 12.1 Å². The Balaban J connectivity index is 1.63. The second-order valence-corrected chi connectivity index (χ2v) is 12.9. The molecule has 32 heavy (non-hydrogen) atoms. The fourth-order valence-electron chi connectivity index (χ4n) is 7.81. The average molecular weight is 477 g/mol. The molecule has 1 heterocycles. The predicted molar refractivity (Wildman–Crippen MR) is 125 cm³/mol. The number of aliphatic hydroxyl groups is 1. The molecule has 0 aliphatic heterocycles. The molecule has 0 aromatic carbocycles. The molecule has 2 unspecified atom stereocenters. The van der Waals surface area contributed by atoms with Gasteiger partial charge in [0, 0.05) is 29.2 Å². The molecule has 4 aliphatic carbocycles. The smallest absolute Gasteiger partial charge is 0.335 e. The molecule has 2 saturated carbocycles. The number of carbonyl (C=O) groups excluding carboxylic acids is 1. The number of allylic oxidation sites excluding steroid dienone is 3. The first-order valence-corrected chi connectivity index (χ1v) is 12.2. The van der Waals surface area contributed by atoms with Gasteiger partial charge < -0.3 is 9.52 Å². The van der Waals surface area contributed by atoms with E-state index in [4.69, 9.17) is 27.6 Å². The largest absolute Gasteiger partial charge is 0.431 e. The van der Waals surface area contributed by atoms with E-state index in [9.17, 15) is 14.7 Å². The van der Waals surface area contributed by atoms with E-state index in [-0.39, 0.29) is 35.4 Å². The molecule has 1 aromatic heterocycles. The van der Waals surface area contributed by atoms with Crippen molar-refractivity contribution >= 4 is 29.0 Å². The van der Waals surface area contributed by atoms with Crippen LogP contribution < -0.4 is 5.63 Å². The van der Waals surface area contributed by atoms with E-state index in [2.05, 4.69) is 26.0 Å². The van der Waals surface area contributed by atoms with Gasteiger partial charge >= 0.3 is 5.63 Å². The first kappa shape index (κ1) is 22.4. The van der Waals surface area contributed by atoms with Crippen LogP contribution in [0.3, 0.4) is 0 Å². The summed E-state index contributed by atoms with van der Waals surface area (Å²) in [4.78, 5) is 24.2. The molecule has 6 atom stereocenters. The first-order chi connectivity index (χ1) is 14.8. The highest BCUT2D eigenvalue weighted by Gasteiger charge is 2.72. The third-order valence-corrected chi connectivity index (χ3v) is 10.2. The Labute approximate surface area is 198 Å². The number of alkyl halides is 2. The number of carbonyl (C=O) groups is 1. The number of hydrogen-bond donors (Lipinski definition) is 1. The Bertz CT molecular complexity index is 1090. The van der Waals surface area contributed by atoms with Gasteiger partial charge in [0.15, 0.2) is 5.78 Å². The zero-order valence-corrected chi connectivity index (χ0v) is 20.5. The molecule has 1 N–H and O–H groups in total. The second-order valence-electron chi connectivity index (χ2n) is 11.4. The standard InChI is InChI=1S/C26H30Cl2O4/c1-22(2)18-7-6-17-16(23(18,3)11-10-19(22)29)9-12-24(4)21(15-5-8-20(30)32-13-15)26(27,28)14-25(17,24)31/h5-6,8,10-11,13,16,18,21,31H,7,9,12,14H2,1-4H3/t16?,18?,21-,23-,24-,25+/m1/s1. The SMILES string of the molecule is CC1(C)C(=O)C=C[C@]2(C)C3CC[C@]4(C)[C@@H](c5ccc(=O)oc5)C(Cl)(Cl)C[C@]4(O)C3=CCC12. The van der Waals surface area contributed by atoms with Gasteiger partial charge in [-0.1, -0.05) is 39.8 Å². The maximum atomic E-state index is 12.7. The predicted octanol–water partition coefficient (Wildman–Crippen LogP) is 5.57. The van der Waals surface area contributed by atoms with Gasteiger partial charge in [-0.3, -0.25) is 4.79 Å². The zero-order chi connectivity index (χ0) is 23.3. The number of fused-ring (bicyclic) bond motifs is 5. The third kappa shape index (κ3) is 2.66. The normalized spacial score (nSPS) is 43.8. The van der Waals surface area contributed by atoms with Crippen LogP contribution in [0.1, 0.15) is 64.9 Å². The Morgan fingerprint density at radius 2 is 1.84 bits per heavy atom. The van der Waals surface area contributed by atoms with Crippen molar-refractivity contribution in [1.82, 2.24) is 0 Å². The van der Waals surface area contributed by atoms with E-state index in [1.807, 2.05) is 13.8 Å². The van der Waals surface area contributed by atoms with Crippen LogP contribution >= 0.6 is 23.2 Å².